The SMILES string of the molecule is COc1ccccc1CCS(=O)(=O)Nc1scnc1C(=O)O. The number of aromatic carboxylic acids is 1. The highest BCUT2D eigenvalue weighted by molar-refractivity contribution is 7.92. The van der Waals surface area contributed by atoms with Crippen LogP contribution in [-0.2, 0) is 16.4 Å². The first-order chi connectivity index (χ1) is 10.4. The fraction of sp³-hybridized carbons (Fsp3) is 0.231. The topological polar surface area (TPSA) is 106 Å². The van der Waals surface area contributed by atoms with E-state index >= 15 is 0 Å². The number of nitrogens with one attached hydrogen (secondary N) is 1. The van der Waals surface area contributed by atoms with Gasteiger partial charge in [0, 0.05) is 0 Å². The third kappa shape index (κ3) is 3.95. The lowest BCUT2D eigenvalue weighted by Crippen LogP contribution is -2.19. The van der Waals surface area contributed by atoms with Crippen molar-refractivity contribution in [3.63, 3.8) is 0 Å². The predicted octanol–water partition coefficient (Wildman–Crippen LogP) is 1.83. The van der Waals surface area contributed by atoms with Crippen molar-refractivity contribution in [3.8, 4) is 5.75 Å². The number of ether oxygens (including phenoxy) is 1. The van der Waals surface area contributed by atoms with Gasteiger partial charge in [-0.05, 0) is 18.1 Å². The summed E-state index contributed by atoms with van der Waals surface area (Å²) in [6.45, 7) is 0. The minimum absolute atomic E-state index is 0.00697. The van der Waals surface area contributed by atoms with Crippen molar-refractivity contribution in [1.82, 2.24) is 4.98 Å². The summed E-state index contributed by atoms with van der Waals surface area (Å²) in [6.07, 6.45) is 0.251. The molecule has 0 atom stereocenters. The number of aromatic nitrogens is 1. The van der Waals surface area contributed by atoms with Gasteiger partial charge >= 0.3 is 5.97 Å². The molecule has 0 spiro atoms. The summed E-state index contributed by atoms with van der Waals surface area (Å²) in [5.41, 5.74) is 1.74. The molecule has 1 heterocycles. The molecule has 0 saturated carbocycles. The fourth-order valence-corrected chi connectivity index (χ4v) is 3.88. The molecular weight excluding hydrogens is 328 g/mol. The molecule has 9 heteroatoms. The molecule has 2 aromatic rings. The van der Waals surface area contributed by atoms with E-state index in [2.05, 4.69) is 9.71 Å². The van der Waals surface area contributed by atoms with E-state index in [1.807, 2.05) is 0 Å². The quantitative estimate of drug-likeness (QED) is 0.795. The van der Waals surface area contributed by atoms with Crippen molar-refractivity contribution in [2.75, 3.05) is 17.6 Å². The van der Waals surface area contributed by atoms with E-state index in [1.165, 1.54) is 12.6 Å². The van der Waals surface area contributed by atoms with Crippen LogP contribution in [0, 0.1) is 0 Å². The van der Waals surface area contributed by atoms with Gasteiger partial charge in [-0.2, -0.15) is 0 Å². The largest absolute Gasteiger partial charge is 0.496 e. The molecule has 1 aromatic carbocycles. The summed E-state index contributed by atoms with van der Waals surface area (Å²) in [6, 6.07) is 7.12. The highest BCUT2D eigenvalue weighted by Crippen LogP contribution is 2.23. The van der Waals surface area contributed by atoms with Gasteiger partial charge < -0.3 is 9.84 Å². The molecule has 2 N–H and O–H groups in total. The first-order valence-corrected chi connectivity index (χ1v) is 8.75. The van der Waals surface area contributed by atoms with E-state index in [-0.39, 0.29) is 22.9 Å². The Hall–Kier alpha value is -2.13. The van der Waals surface area contributed by atoms with Gasteiger partial charge in [0.25, 0.3) is 0 Å². The fourth-order valence-electron chi connectivity index (χ4n) is 1.82. The maximum Gasteiger partial charge on any atom is 0.357 e. The second-order valence-electron chi connectivity index (χ2n) is 4.32. The Bertz CT molecular complexity index is 770. The van der Waals surface area contributed by atoms with Crippen LogP contribution in [0.25, 0.3) is 0 Å². The average molecular weight is 342 g/mol. The minimum Gasteiger partial charge on any atom is -0.496 e. The molecule has 0 aliphatic heterocycles. The number of hydrogen-bond donors (Lipinski definition) is 2. The number of carboxylic acid groups (broad SMARTS) is 1. The van der Waals surface area contributed by atoms with Crippen molar-refractivity contribution >= 4 is 32.3 Å². The average Bonchev–Trinajstić information content (AvgIpc) is 2.93. The van der Waals surface area contributed by atoms with E-state index in [0.717, 1.165) is 16.9 Å². The van der Waals surface area contributed by atoms with Gasteiger partial charge in [-0.25, -0.2) is 18.2 Å². The third-order valence-electron chi connectivity index (χ3n) is 2.85. The summed E-state index contributed by atoms with van der Waals surface area (Å²) < 4.78 is 31.6. The van der Waals surface area contributed by atoms with E-state index in [4.69, 9.17) is 9.84 Å². The summed E-state index contributed by atoms with van der Waals surface area (Å²) in [5.74, 6) is -0.852. The molecule has 2 rings (SSSR count). The third-order valence-corrected chi connectivity index (χ3v) is 4.98. The number of benzene rings is 1. The van der Waals surface area contributed by atoms with Gasteiger partial charge in [-0.15, -0.1) is 11.3 Å². The van der Waals surface area contributed by atoms with Crippen LogP contribution in [0.3, 0.4) is 0 Å². The lowest BCUT2D eigenvalue weighted by atomic mass is 10.1. The van der Waals surface area contributed by atoms with Gasteiger partial charge in [0.1, 0.15) is 10.8 Å². The maximum atomic E-state index is 12.1. The number of methoxy groups -OCH3 is 1. The number of hydrogen-bond acceptors (Lipinski definition) is 6. The first kappa shape index (κ1) is 16.2. The predicted molar refractivity (Wildman–Crippen MR) is 83.2 cm³/mol. The molecule has 118 valence electrons. The van der Waals surface area contributed by atoms with Gasteiger partial charge in [-0.1, -0.05) is 18.2 Å². The number of aryl methyl sites for hydroxylation is 1. The molecule has 22 heavy (non-hydrogen) atoms. The zero-order valence-corrected chi connectivity index (χ0v) is 13.3. The highest BCUT2D eigenvalue weighted by Gasteiger charge is 2.19. The molecule has 1 aromatic heterocycles. The number of carbonyl (C=O) groups is 1. The van der Waals surface area contributed by atoms with Crippen LogP contribution in [0.4, 0.5) is 5.00 Å². The molecule has 0 radical (unpaired) electrons. The van der Waals surface area contributed by atoms with Crippen molar-refractivity contribution < 1.29 is 23.1 Å². The molecule has 7 nitrogen and oxygen atoms in total. The number of nitrogens with zero attached hydrogens (tertiary/aromatic N) is 1. The zero-order chi connectivity index (χ0) is 16.2. The number of para-hydroxylation sites is 1. The zero-order valence-electron chi connectivity index (χ0n) is 11.6. The van der Waals surface area contributed by atoms with E-state index in [0.29, 0.717) is 5.75 Å². The lowest BCUT2D eigenvalue weighted by molar-refractivity contribution is 0.0692. The van der Waals surface area contributed by atoms with Crippen molar-refractivity contribution in [2.24, 2.45) is 0 Å². The summed E-state index contributed by atoms with van der Waals surface area (Å²) in [4.78, 5) is 14.5. The van der Waals surface area contributed by atoms with Crippen molar-refractivity contribution in [2.45, 2.75) is 6.42 Å². The van der Waals surface area contributed by atoms with Gasteiger partial charge in [0.05, 0.1) is 18.4 Å². The number of sulfonamides is 1. The Balaban J connectivity index is 2.08. The Kier molecular flexibility index (Phi) is 4.99. The Labute approximate surface area is 131 Å². The Morgan fingerprint density at radius 1 is 1.41 bits per heavy atom. The standard InChI is InChI=1S/C13H14N2O5S2/c1-20-10-5-3-2-4-9(10)6-7-22(18,19)15-12-11(13(16)17)14-8-21-12/h2-5,8,15H,6-7H2,1H3,(H,16,17). The van der Waals surface area contributed by atoms with E-state index in [9.17, 15) is 13.2 Å². The molecule has 0 amide bonds. The molecule has 0 aliphatic rings. The highest BCUT2D eigenvalue weighted by atomic mass is 32.2. The summed E-state index contributed by atoms with van der Waals surface area (Å²) in [5, 5.41) is 8.93. The molecule has 0 aliphatic carbocycles. The molecule has 0 unspecified atom stereocenters. The smallest absolute Gasteiger partial charge is 0.357 e. The maximum absolute atomic E-state index is 12.1. The molecule has 0 saturated heterocycles. The Morgan fingerprint density at radius 2 is 2.14 bits per heavy atom. The monoisotopic (exact) mass is 342 g/mol. The van der Waals surface area contributed by atoms with Crippen LogP contribution < -0.4 is 9.46 Å². The number of rotatable bonds is 7. The second-order valence-corrected chi connectivity index (χ2v) is 7.01. The normalized spacial score (nSPS) is 11.1. The first-order valence-electron chi connectivity index (χ1n) is 6.22. The molecule has 0 bridgehead atoms. The molecular formula is C13H14N2O5S2. The lowest BCUT2D eigenvalue weighted by Gasteiger charge is -2.09. The number of carboxylic acids is 1. The van der Waals surface area contributed by atoms with Crippen molar-refractivity contribution in [3.05, 3.63) is 41.0 Å². The van der Waals surface area contributed by atoms with Gasteiger partial charge in [0.2, 0.25) is 10.0 Å². The van der Waals surface area contributed by atoms with Crippen LogP contribution in [0.2, 0.25) is 0 Å². The van der Waals surface area contributed by atoms with Gasteiger partial charge in [0.15, 0.2) is 5.69 Å². The van der Waals surface area contributed by atoms with Gasteiger partial charge in [-0.3, -0.25) is 4.72 Å². The van der Waals surface area contributed by atoms with Crippen LogP contribution in [0.5, 0.6) is 5.75 Å². The summed E-state index contributed by atoms with van der Waals surface area (Å²) >= 11 is 0.927. The molecule has 0 fully saturated rings. The van der Waals surface area contributed by atoms with E-state index in [1.54, 1.807) is 24.3 Å². The van der Waals surface area contributed by atoms with Crippen molar-refractivity contribution in [1.29, 1.82) is 0 Å². The van der Waals surface area contributed by atoms with Crippen LogP contribution in [0.1, 0.15) is 16.1 Å². The van der Waals surface area contributed by atoms with Crippen LogP contribution >= 0.6 is 11.3 Å². The Morgan fingerprint density at radius 3 is 2.82 bits per heavy atom. The second kappa shape index (κ2) is 6.75. The minimum atomic E-state index is -3.68. The van der Waals surface area contributed by atoms with Crippen LogP contribution in [-0.4, -0.2) is 37.3 Å². The summed E-state index contributed by atoms with van der Waals surface area (Å²) in [7, 11) is -2.17. The number of anilines is 1. The number of thiazole rings is 1. The van der Waals surface area contributed by atoms with Crippen LogP contribution in [0.15, 0.2) is 29.8 Å². The van der Waals surface area contributed by atoms with E-state index < -0.39 is 16.0 Å².